The number of carbonyl (C=O) groups is 1. The molecule has 5 heteroatoms. The molecule has 1 unspecified atom stereocenters. The van der Waals surface area contributed by atoms with Gasteiger partial charge in [-0.3, -0.25) is 10.1 Å². The number of halogens is 1. The molecule has 2 N–H and O–H groups in total. The molecule has 0 radical (unpaired) electrons. The van der Waals surface area contributed by atoms with Crippen molar-refractivity contribution in [2.45, 2.75) is 19.0 Å². The summed E-state index contributed by atoms with van der Waals surface area (Å²) >= 11 is 0. The lowest BCUT2D eigenvalue weighted by Gasteiger charge is -2.20. The van der Waals surface area contributed by atoms with Gasteiger partial charge in [0.2, 0.25) is 5.91 Å². The molecule has 0 aromatic heterocycles. The van der Waals surface area contributed by atoms with Gasteiger partial charge in [0.25, 0.3) is 0 Å². The highest BCUT2D eigenvalue weighted by molar-refractivity contribution is 5.82. The SMILES string of the molecule is COc1ccccc1CNC(=O)C1CC=C(F)CN1. The molecule has 2 rings (SSSR count). The molecule has 1 atom stereocenters. The van der Waals surface area contributed by atoms with Gasteiger partial charge in [-0.15, -0.1) is 0 Å². The zero-order chi connectivity index (χ0) is 13.7. The fourth-order valence-electron chi connectivity index (χ4n) is 1.98. The number of carbonyl (C=O) groups excluding carboxylic acids is 1. The van der Waals surface area contributed by atoms with E-state index in [2.05, 4.69) is 10.6 Å². The predicted octanol–water partition coefficient (Wildman–Crippen LogP) is 1.53. The summed E-state index contributed by atoms with van der Waals surface area (Å²) in [7, 11) is 1.59. The van der Waals surface area contributed by atoms with Crippen molar-refractivity contribution in [1.82, 2.24) is 10.6 Å². The van der Waals surface area contributed by atoms with Crippen LogP contribution in [0.2, 0.25) is 0 Å². The maximum atomic E-state index is 12.8. The molecule has 0 saturated heterocycles. The molecule has 0 bridgehead atoms. The van der Waals surface area contributed by atoms with Crippen LogP contribution < -0.4 is 15.4 Å². The summed E-state index contributed by atoms with van der Waals surface area (Å²) in [5, 5.41) is 5.67. The standard InChI is InChI=1S/C14H17FN2O2/c1-19-13-5-3-2-4-10(13)8-17-14(18)12-7-6-11(15)9-16-12/h2-6,12,16H,7-9H2,1H3,(H,17,18). The Morgan fingerprint density at radius 3 is 3.00 bits per heavy atom. The third kappa shape index (κ3) is 3.54. The number of amides is 1. The van der Waals surface area contributed by atoms with Crippen LogP contribution >= 0.6 is 0 Å². The van der Waals surface area contributed by atoms with E-state index in [4.69, 9.17) is 4.74 Å². The van der Waals surface area contributed by atoms with E-state index in [0.29, 0.717) is 13.0 Å². The first-order chi connectivity index (χ1) is 9.20. The zero-order valence-electron chi connectivity index (χ0n) is 10.8. The topological polar surface area (TPSA) is 50.4 Å². The van der Waals surface area contributed by atoms with Gasteiger partial charge < -0.3 is 10.1 Å². The van der Waals surface area contributed by atoms with Crippen LogP contribution in [-0.4, -0.2) is 25.6 Å². The van der Waals surface area contributed by atoms with E-state index in [1.807, 2.05) is 24.3 Å². The summed E-state index contributed by atoms with van der Waals surface area (Å²) in [4.78, 5) is 11.9. The second kappa shape index (κ2) is 6.33. The maximum absolute atomic E-state index is 12.8. The predicted molar refractivity (Wildman–Crippen MR) is 70.4 cm³/mol. The van der Waals surface area contributed by atoms with Crippen molar-refractivity contribution >= 4 is 5.91 Å². The van der Waals surface area contributed by atoms with Crippen LogP contribution in [0.5, 0.6) is 5.75 Å². The molecule has 4 nitrogen and oxygen atoms in total. The summed E-state index contributed by atoms with van der Waals surface area (Å²) < 4.78 is 18.0. The molecular weight excluding hydrogens is 247 g/mol. The van der Waals surface area contributed by atoms with Crippen molar-refractivity contribution in [3.8, 4) is 5.75 Å². The molecule has 19 heavy (non-hydrogen) atoms. The number of benzene rings is 1. The Morgan fingerprint density at radius 2 is 2.32 bits per heavy atom. The normalized spacial score (nSPS) is 18.6. The highest BCUT2D eigenvalue weighted by atomic mass is 19.1. The lowest BCUT2D eigenvalue weighted by molar-refractivity contribution is -0.123. The van der Waals surface area contributed by atoms with Gasteiger partial charge in [-0.1, -0.05) is 18.2 Å². The van der Waals surface area contributed by atoms with E-state index < -0.39 is 0 Å². The largest absolute Gasteiger partial charge is 0.496 e. The molecule has 1 aliphatic heterocycles. The van der Waals surface area contributed by atoms with Crippen molar-refractivity contribution in [2.75, 3.05) is 13.7 Å². The molecule has 0 spiro atoms. The average molecular weight is 264 g/mol. The molecule has 1 aliphatic rings. The monoisotopic (exact) mass is 264 g/mol. The first kappa shape index (κ1) is 13.5. The Kier molecular flexibility index (Phi) is 4.52. The van der Waals surface area contributed by atoms with Gasteiger partial charge in [0.05, 0.1) is 13.2 Å². The smallest absolute Gasteiger partial charge is 0.237 e. The lowest BCUT2D eigenvalue weighted by Crippen LogP contribution is -2.45. The molecule has 0 aliphatic carbocycles. The Bertz CT molecular complexity index is 488. The molecule has 1 heterocycles. The fourth-order valence-corrected chi connectivity index (χ4v) is 1.98. The van der Waals surface area contributed by atoms with Crippen LogP contribution in [0.3, 0.4) is 0 Å². The Morgan fingerprint density at radius 1 is 1.53 bits per heavy atom. The van der Waals surface area contributed by atoms with E-state index >= 15 is 0 Å². The Balaban J connectivity index is 1.90. The van der Waals surface area contributed by atoms with Gasteiger partial charge in [-0.05, 0) is 18.6 Å². The van der Waals surface area contributed by atoms with Crippen molar-refractivity contribution in [2.24, 2.45) is 0 Å². The van der Waals surface area contributed by atoms with Crippen LogP contribution in [0.1, 0.15) is 12.0 Å². The van der Waals surface area contributed by atoms with Crippen LogP contribution in [0.15, 0.2) is 36.2 Å². The van der Waals surface area contributed by atoms with Gasteiger partial charge in [-0.2, -0.15) is 0 Å². The minimum Gasteiger partial charge on any atom is -0.496 e. The average Bonchev–Trinajstić information content (AvgIpc) is 2.45. The van der Waals surface area contributed by atoms with Crippen LogP contribution in [0.4, 0.5) is 4.39 Å². The van der Waals surface area contributed by atoms with Gasteiger partial charge >= 0.3 is 0 Å². The molecule has 1 aromatic carbocycles. The number of hydrogen-bond acceptors (Lipinski definition) is 3. The number of para-hydroxylation sites is 1. The van der Waals surface area contributed by atoms with Crippen molar-refractivity contribution in [1.29, 1.82) is 0 Å². The van der Waals surface area contributed by atoms with Gasteiger partial charge in [0.15, 0.2) is 0 Å². The third-order valence-corrected chi connectivity index (χ3v) is 3.05. The molecule has 1 amide bonds. The van der Waals surface area contributed by atoms with Gasteiger partial charge in [0.1, 0.15) is 11.6 Å². The summed E-state index contributed by atoms with van der Waals surface area (Å²) in [6.45, 7) is 0.514. The fraction of sp³-hybridized carbons (Fsp3) is 0.357. The van der Waals surface area contributed by atoms with Crippen molar-refractivity contribution < 1.29 is 13.9 Å². The highest BCUT2D eigenvalue weighted by Crippen LogP contribution is 2.17. The number of methoxy groups -OCH3 is 1. The molecule has 102 valence electrons. The van der Waals surface area contributed by atoms with E-state index in [-0.39, 0.29) is 24.3 Å². The van der Waals surface area contributed by atoms with E-state index in [0.717, 1.165) is 11.3 Å². The highest BCUT2D eigenvalue weighted by Gasteiger charge is 2.20. The molecule has 0 saturated carbocycles. The van der Waals surface area contributed by atoms with Crippen LogP contribution in [-0.2, 0) is 11.3 Å². The summed E-state index contributed by atoms with van der Waals surface area (Å²) in [6, 6.07) is 7.14. The number of nitrogens with one attached hydrogen (secondary N) is 2. The summed E-state index contributed by atoms with van der Waals surface area (Å²) in [6.07, 6.45) is 1.83. The minimum atomic E-state index is -0.366. The second-order valence-electron chi connectivity index (χ2n) is 4.35. The number of hydrogen-bond donors (Lipinski definition) is 2. The van der Waals surface area contributed by atoms with Gasteiger partial charge in [0, 0.05) is 18.7 Å². The third-order valence-electron chi connectivity index (χ3n) is 3.05. The van der Waals surface area contributed by atoms with Crippen LogP contribution in [0.25, 0.3) is 0 Å². The number of ether oxygens (including phenoxy) is 1. The second-order valence-corrected chi connectivity index (χ2v) is 4.35. The molecule has 0 fully saturated rings. The van der Waals surface area contributed by atoms with E-state index in [1.165, 1.54) is 6.08 Å². The zero-order valence-corrected chi connectivity index (χ0v) is 10.8. The lowest BCUT2D eigenvalue weighted by atomic mass is 10.1. The maximum Gasteiger partial charge on any atom is 0.237 e. The van der Waals surface area contributed by atoms with Crippen LogP contribution in [0, 0.1) is 0 Å². The summed E-state index contributed by atoms with van der Waals surface area (Å²) in [5.74, 6) is 0.397. The van der Waals surface area contributed by atoms with Crippen molar-refractivity contribution in [3.05, 3.63) is 41.7 Å². The minimum absolute atomic E-state index is 0.118. The Labute approximate surface area is 111 Å². The van der Waals surface area contributed by atoms with E-state index in [1.54, 1.807) is 7.11 Å². The first-order valence-electron chi connectivity index (χ1n) is 6.18. The van der Waals surface area contributed by atoms with E-state index in [9.17, 15) is 9.18 Å². The van der Waals surface area contributed by atoms with Crippen molar-refractivity contribution in [3.63, 3.8) is 0 Å². The molecule has 1 aromatic rings. The van der Waals surface area contributed by atoms with Gasteiger partial charge in [-0.25, -0.2) is 4.39 Å². The summed E-state index contributed by atoms with van der Waals surface area (Å²) in [5.41, 5.74) is 0.913. The molecular formula is C14H17FN2O2. The Hall–Kier alpha value is -1.88. The quantitative estimate of drug-likeness (QED) is 0.867. The number of rotatable bonds is 4. The first-order valence-corrected chi connectivity index (χ1v) is 6.18.